The number of carbonyl (C=O) groups excluding carboxylic acids is 1. The van der Waals surface area contributed by atoms with E-state index in [1.807, 2.05) is 18.0 Å². The number of nitrogens with one attached hydrogen (secondary N) is 1. The molecule has 0 aliphatic rings. The molecule has 1 aromatic rings. The predicted molar refractivity (Wildman–Crippen MR) is 69.4 cm³/mol. The van der Waals surface area contributed by atoms with Crippen molar-refractivity contribution < 1.29 is 4.79 Å². The maximum Gasteiger partial charge on any atom is 0.133 e. The fraction of sp³-hybridized carbons (Fsp3) is 0.583. The van der Waals surface area contributed by atoms with Gasteiger partial charge in [-0.3, -0.25) is 4.79 Å². The Morgan fingerprint density at radius 1 is 1.47 bits per heavy atom. The summed E-state index contributed by atoms with van der Waals surface area (Å²) in [5, 5.41) is 3.21. The predicted octanol–water partition coefficient (Wildman–Crippen LogP) is 1.71. The summed E-state index contributed by atoms with van der Waals surface area (Å²) in [7, 11) is 1.93. The third-order valence-corrected chi connectivity index (χ3v) is 2.40. The number of Topliss-reactive ketones (excluding diaryl/α,β-unsaturated/α-hetero) is 1. The van der Waals surface area contributed by atoms with Gasteiger partial charge in [0.25, 0.3) is 0 Å². The van der Waals surface area contributed by atoms with E-state index < -0.39 is 0 Å². The smallest absolute Gasteiger partial charge is 0.133 e. The molecule has 0 radical (unpaired) electrons. The van der Waals surface area contributed by atoms with Crippen molar-refractivity contribution in [3.63, 3.8) is 0 Å². The largest absolute Gasteiger partial charge is 0.370 e. The first-order valence-corrected chi connectivity index (χ1v) is 5.90. The van der Waals surface area contributed by atoms with E-state index in [4.69, 9.17) is 0 Å². The molecule has 0 aliphatic carbocycles. The summed E-state index contributed by atoms with van der Waals surface area (Å²) >= 11 is 0. The van der Waals surface area contributed by atoms with Crippen molar-refractivity contribution in [2.45, 2.75) is 26.7 Å². The van der Waals surface area contributed by atoms with Gasteiger partial charge in [0.2, 0.25) is 0 Å². The average Bonchev–Trinajstić information content (AvgIpc) is 2.33. The molecule has 0 amide bonds. The van der Waals surface area contributed by atoms with Gasteiger partial charge in [0.05, 0.1) is 0 Å². The van der Waals surface area contributed by atoms with E-state index in [1.165, 1.54) is 6.33 Å². The molecule has 1 N–H and O–H groups in total. The molecule has 1 aromatic heterocycles. The van der Waals surface area contributed by atoms with Gasteiger partial charge >= 0.3 is 0 Å². The number of rotatable bonds is 7. The Bertz CT molecular complexity index is 367. The Balaban J connectivity index is 2.60. The van der Waals surface area contributed by atoms with Gasteiger partial charge in [-0.2, -0.15) is 0 Å². The van der Waals surface area contributed by atoms with Gasteiger partial charge in [-0.25, -0.2) is 9.97 Å². The average molecular weight is 236 g/mol. The SMILES string of the molecule is CCCNc1cc(N(C)CCC(C)=O)ncn1. The van der Waals surface area contributed by atoms with Crippen LogP contribution in [0.1, 0.15) is 26.7 Å². The second-order valence-corrected chi connectivity index (χ2v) is 4.06. The lowest BCUT2D eigenvalue weighted by Crippen LogP contribution is -2.21. The molecule has 0 atom stereocenters. The minimum absolute atomic E-state index is 0.190. The van der Waals surface area contributed by atoms with Crippen molar-refractivity contribution in [2.24, 2.45) is 0 Å². The van der Waals surface area contributed by atoms with Crippen LogP contribution in [0.3, 0.4) is 0 Å². The zero-order valence-electron chi connectivity index (χ0n) is 10.7. The molecule has 0 saturated heterocycles. The van der Waals surface area contributed by atoms with Crippen LogP contribution in [0.5, 0.6) is 0 Å². The van der Waals surface area contributed by atoms with Gasteiger partial charge in [0, 0.05) is 32.6 Å². The molecule has 0 bridgehead atoms. The molecule has 5 heteroatoms. The van der Waals surface area contributed by atoms with Gasteiger partial charge in [-0.05, 0) is 13.3 Å². The zero-order chi connectivity index (χ0) is 12.7. The van der Waals surface area contributed by atoms with E-state index in [0.29, 0.717) is 13.0 Å². The van der Waals surface area contributed by atoms with E-state index in [2.05, 4.69) is 22.2 Å². The standard InChI is InChI=1S/C12H20N4O/c1-4-6-13-11-8-12(15-9-14-11)16(3)7-5-10(2)17/h8-9H,4-7H2,1-3H3,(H,13,14,15). The van der Waals surface area contributed by atoms with Crippen molar-refractivity contribution in [3.05, 3.63) is 12.4 Å². The number of aromatic nitrogens is 2. The van der Waals surface area contributed by atoms with E-state index in [-0.39, 0.29) is 5.78 Å². The third-order valence-electron chi connectivity index (χ3n) is 2.40. The number of hydrogen-bond acceptors (Lipinski definition) is 5. The number of hydrogen-bond donors (Lipinski definition) is 1. The molecule has 94 valence electrons. The van der Waals surface area contributed by atoms with Crippen LogP contribution >= 0.6 is 0 Å². The van der Waals surface area contributed by atoms with Gasteiger partial charge < -0.3 is 10.2 Å². The molecule has 0 aliphatic heterocycles. The summed E-state index contributed by atoms with van der Waals surface area (Å²) in [6, 6.07) is 1.90. The number of anilines is 2. The van der Waals surface area contributed by atoms with Crippen molar-refractivity contribution >= 4 is 17.4 Å². The first-order chi connectivity index (χ1) is 8.13. The normalized spacial score (nSPS) is 10.1. The molecule has 0 saturated carbocycles. The minimum Gasteiger partial charge on any atom is -0.370 e. The molecule has 17 heavy (non-hydrogen) atoms. The van der Waals surface area contributed by atoms with E-state index in [9.17, 15) is 4.79 Å². The van der Waals surface area contributed by atoms with Gasteiger partial charge in [-0.1, -0.05) is 6.92 Å². The van der Waals surface area contributed by atoms with Crippen LogP contribution in [-0.4, -0.2) is 35.9 Å². The molecule has 0 unspecified atom stereocenters. The summed E-state index contributed by atoms with van der Waals surface area (Å²) in [6.07, 6.45) is 3.13. The highest BCUT2D eigenvalue weighted by molar-refractivity contribution is 5.76. The zero-order valence-corrected chi connectivity index (χ0v) is 10.7. The highest BCUT2D eigenvalue weighted by Crippen LogP contribution is 2.12. The molecule has 0 spiro atoms. The minimum atomic E-state index is 0.190. The third kappa shape index (κ3) is 4.80. The second-order valence-electron chi connectivity index (χ2n) is 4.06. The van der Waals surface area contributed by atoms with E-state index in [1.54, 1.807) is 6.92 Å². The van der Waals surface area contributed by atoms with Crippen LogP contribution in [0.15, 0.2) is 12.4 Å². The maximum atomic E-state index is 10.9. The van der Waals surface area contributed by atoms with Crippen LogP contribution in [0, 0.1) is 0 Å². The Labute approximate surface area is 102 Å². The highest BCUT2D eigenvalue weighted by atomic mass is 16.1. The van der Waals surface area contributed by atoms with Gasteiger partial charge in [-0.15, -0.1) is 0 Å². The molecule has 1 rings (SSSR count). The summed E-state index contributed by atoms with van der Waals surface area (Å²) in [4.78, 5) is 21.2. The summed E-state index contributed by atoms with van der Waals surface area (Å²) in [6.45, 7) is 5.28. The van der Waals surface area contributed by atoms with Crippen LogP contribution in [-0.2, 0) is 4.79 Å². The van der Waals surface area contributed by atoms with Crippen LogP contribution in [0.25, 0.3) is 0 Å². The summed E-state index contributed by atoms with van der Waals surface area (Å²) < 4.78 is 0. The van der Waals surface area contributed by atoms with Gasteiger partial charge in [0.15, 0.2) is 0 Å². The molecule has 0 aromatic carbocycles. The van der Waals surface area contributed by atoms with Crippen molar-refractivity contribution in [1.29, 1.82) is 0 Å². The fourth-order valence-electron chi connectivity index (χ4n) is 1.35. The first kappa shape index (κ1) is 13.4. The first-order valence-electron chi connectivity index (χ1n) is 5.90. The molecular formula is C12H20N4O. The fourth-order valence-corrected chi connectivity index (χ4v) is 1.35. The summed E-state index contributed by atoms with van der Waals surface area (Å²) in [5.74, 6) is 1.85. The lowest BCUT2D eigenvalue weighted by atomic mass is 10.3. The number of ketones is 1. The Morgan fingerprint density at radius 3 is 2.88 bits per heavy atom. The lowest BCUT2D eigenvalue weighted by molar-refractivity contribution is -0.116. The number of carbonyl (C=O) groups is 1. The van der Waals surface area contributed by atoms with Crippen molar-refractivity contribution in [1.82, 2.24) is 9.97 Å². The van der Waals surface area contributed by atoms with Crippen LogP contribution < -0.4 is 10.2 Å². The summed E-state index contributed by atoms with van der Waals surface area (Å²) in [5.41, 5.74) is 0. The molecular weight excluding hydrogens is 216 g/mol. The van der Waals surface area contributed by atoms with E-state index in [0.717, 1.165) is 24.6 Å². The second kappa shape index (κ2) is 6.83. The Hall–Kier alpha value is -1.65. The van der Waals surface area contributed by atoms with Crippen LogP contribution in [0.4, 0.5) is 11.6 Å². The van der Waals surface area contributed by atoms with E-state index >= 15 is 0 Å². The Morgan fingerprint density at radius 2 is 2.24 bits per heavy atom. The Kier molecular flexibility index (Phi) is 5.39. The molecule has 0 fully saturated rings. The topological polar surface area (TPSA) is 58.1 Å². The molecule has 1 heterocycles. The van der Waals surface area contributed by atoms with Gasteiger partial charge in [0.1, 0.15) is 23.7 Å². The quantitative estimate of drug-likeness (QED) is 0.781. The lowest BCUT2D eigenvalue weighted by Gasteiger charge is -2.17. The maximum absolute atomic E-state index is 10.9. The van der Waals surface area contributed by atoms with Crippen molar-refractivity contribution in [3.8, 4) is 0 Å². The monoisotopic (exact) mass is 236 g/mol. The highest BCUT2D eigenvalue weighted by Gasteiger charge is 2.05. The molecule has 5 nitrogen and oxygen atoms in total. The van der Waals surface area contributed by atoms with Crippen LogP contribution in [0.2, 0.25) is 0 Å². The number of nitrogens with zero attached hydrogens (tertiary/aromatic N) is 3. The van der Waals surface area contributed by atoms with Crippen molar-refractivity contribution in [2.75, 3.05) is 30.4 Å².